The molecule has 1 N–H and O–H groups in total. The van der Waals surface area contributed by atoms with E-state index in [1.165, 1.54) is 22.9 Å². The van der Waals surface area contributed by atoms with Crippen molar-refractivity contribution in [2.24, 2.45) is 7.05 Å². The van der Waals surface area contributed by atoms with Crippen molar-refractivity contribution in [3.8, 4) is 0 Å². The van der Waals surface area contributed by atoms with Crippen LogP contribution in [-0.4, -0.2) is 32.5 Å². The van der Waals surface area contributed by atoms with Crippen molar-refractivity contribution < 1.29 is 4.79 Å². The van der Waals surface area contributed by atoms with Gasteiger partial charge in [-0.25, -0.2) is 0 Å². The largest absolute Gasteiger partial charge is 0.354 e. The van der Waals surface area contributed by atoms with Crippen LogP contribution in [0.25, 0.3) is 0 Å². The van der Waals surface area contributed by atoms with Crippen LogP contribution in [0.4, 0.5) is 0 Å². The monoisotopic (exact) mass is 332 g/mol. The van der Waals surface area contributed by atoms with Crippen LogP contribution in [0.3, 0.4) is 0 Å². The highest BCUT2D eigenvalue weighted by atomic mass is 32.2. The molecule has 0 radical (unpaired) electrons. The lowest BCUT2D eigenvalue weighted by Crippen LogP contribution is -2.40. The van der Waals surface area contributed by atoms with Gasteiger partial charge >= 0.3 is 0 Å². The third-order valence-corrected chi connectivity index (χ3v) is 5.05. The molecule has 0 fully saturated rings. The molecule has 0 aliphatic rings. The van der Waals surface area contributed by atoms with E-state index in [2.05, 4.69) is 48.4 Å². The van der Waals surface area contributed by atoms with Crippen molar-refractivity contribution in [3.63, 3.8) is 0 Å². The number of amides is 1. The summed E-state index contributed by atoms with van der Waals surface area (Å²) in [7, 11) is 1.87. The van der Waals surface area contributed by atoms with Crippen LogP contribution >= 0.6 is 11.8 Å². The molecular formula is C17H24N4OS. The normalized spacial score (nSPS) is 12.9. The maximum atomic E-state index is 12.4. The van der Waals surface area contributed by atoms with Gasteiger partial charge in [0.2, 0.25) is 5.91 Å². The van der Waals surface area contributed by atoms with E-state index in [4.69, 9.17) is 0 Å². The number of hydrogen-bond acceptors (Lipinski definition) is 4. The molecule has 1 aromatic heterocycles. The predicted octanol–water partition coefficient (Wildman–Crippen LogP) is 2.70. The van der Waals surface area contributed by atoms with Crippen LogP contribution < -0.4 is 5.32 Å². The minimum atomic E-state index is -0.217. The van der Waals surface area contributed by atoms with Gasteiger partial charge in [0.05, 0.1) is 5.25 Å². The number of rotatable bonds is 6. The number of aryl methyl sites for hydroxylation is 2. The van der Waals surface area contributed by atoms with Gasteiger partial charge in [0.25, 0.3) is 0 Å². The fourth-order valence-electron chi connectivity index (χ4n) is 2.47. The Morgan fingerprint density at radius 2 is 2.09 bits per heavy atom. The fraction of sp³-hybridized carbons (Fsp3) is 0.471. The number of nitrogens with one attached hydrogen (secondary N) is 1. The first-order valence-corrected chi connectivity index (χ1v) is 8.53. The Bertz CT molecular complexity index is 681. The Balaban J connectivity index is 1.95. The summed E-state index contributed by atoms with van der Waals surface area (Å²) >= 11 is 1.41. The Morgan fingerprint density at radius 1 is 1.39 bits per heavy atom. The maximum Gasteiger partial charge on any atom is 0.233 e. The smallest absolute Gasteiger partial charge is 0.233 e. The first kappa shape index (κ1) is 17.5. The summed E-state index contributed by atoms with van der Waals surface area (Å²) in [6.45, 7) is 8.88. The number of nitrogens with zero attached hydrogens (tertiary/aromatic N) is 3. The van der Waals surface area contributed by atoms with Crippen LogP contribution in [-0.2, 0) is 17.3 Å². The molecule has 0 saturated heterocycles. The molecule has 5 nitrogen and oxygen atoms in total. The Labute approximate surface area is 141 Å². The van der Waals surface area contributed by atoms with Crippen molar-refractivity contribution in [2.45, 2.75) is 43.5 Å². The lowest BCUT2D eigenvalue weighted by Gasteiger charge is -2.28. The molecule has 1 amide bonds. The molecule has 2 aromatic rings. The quantitative estimate of drug-likeness (QED) is 0.826. The minimum absolute atomic E-state index is 0.0136. The van der Waals surface area contributed by atoms with E-state index >= 15 is 0 Å². The van der Waals surface area contributed by atoms with E-state index in [0.717, 1.165) is 5.16 Å². The highest BCUT2D eigenvalue weighted by molar-refractivity contribution is 8.00. The van der Waals surface area contributed by atoms with Gasteiger partial charge in [-0.1, -0.05) is 49.9 Å². The first-order valence-electron chi connectivity index (χ1n) is 7.66. The van der Waals surface area contributed by atoms with E-state index in [1.807, 2.05) is 30.7 Å². The average Bonchev–Trinajstić information content (AvgIpc) is 2.90. The summed E-state index contributed by atoms with van der Waals surface area (Å²) in [6, 6.07) is 8.30. The van der Waals surface area contributed by atoms with Gasteiger partial charge in [0.15, 0.2) is 5.16 Å². The number of thioether (sulfide) groups is 1. The molecule has 1 heterocycles. The summed E-state index contributed by atoms with van der Waals surface area (Å²) in [5.41, 5.74) is 2.39. The van der Waals surface area contributed by atoms with Crippen molar-refractivity contribution in [1.82, 2.24) is 20.1 Å². The second kappa shape index (κ2) is 7.17. The van der Waals surface area contributed by atoms with E-state index in [1.54, 1.807) is 6.33 Å². The molecule has 1 aromatic carbocycles. The molecule has 0 aliphatic carbocycles. The molecule has 1 atom stereocenters. The van der Waals surface area contributed by atoms with Crippen LogP contribution in [0.2, 0.25) is 0 Å². The number of benzene rings is 1. The molecule has 0 spiro atoms. The van der Waals surface area contributed by atoms with Crippen LogP contribution in [0.1, 0.15) is 31.9 Å². The summed E-state index contributed by atoms with van der Waals surface area (Å²) < 4.78 is 1.81. The molecule has 23 heavy (non-hydrogen) atoms. The minimum Gasteiger partial charge on any atom is -0.354 e. The fourth-order valence-corrected chi connectivity index (χ4v) is 3.28. The summed E-state index contributed by atoms with van der Waals surface area (Å²) in [6.07, 6.45) is 1.63. The standard InChI is InChI=1S/C17H24N4OS/c1-12-8-6-7-9-14(12)17(3,4)10-18-15(22)13(2)23-16-20-19-11-21(16)5/h6-9,11,13H,10H2,1-5H3,(H,18,22)/t13-/m1/s1. The van der Waals surface area contributed by atoms with Gasteiger partial charge in [-0.15, -0.1) is 10.2 Å². The van der Waals surface area contributed by atoms with Gasteiger partial charge in [0.1, 0.15) is 6.33 Å². The molecule has 0 unspecified atom stereocenters. The number of carbonyl (C=O) groups excluding carboxylic acids is 1. The average molecular weight is 332 g/mol. The van der Waals surface area contributed by atoms with E-state index < -0.39 is 0 Å². The third-order valence-electron chi connectivity index (χ3n) is 3.90. The third kappa shape index (κ3) is 4.34. The Morgan fingerprint density at radius 3 is 2.70 bits per heavy atom. The van der Waals surface area contributed by atoms with Crippen molar-refractivity contribution in [2.75, 3.05) is 6.54 Å². The summed E-state index contributed by atoms with van der Waals surface area (Å²) in [5.74, 6) is 0.0136. The molecule has 124 valence electrons. The molecule has 0 aliphatic heterocycles. The lowest BCUT2D eigenvalue weighted by molar-refractivity contribution is -0.120. The van der Waals surface area contributed by atoms with Crippen molar-refractivity contribution in [1.29, 1.82) is 0 Å². The molecule has 0 bridgehead atoms. The van der Waals surface area contributed by atoms with Crippen LogP contribution in [0, 0.1) is 6.92 Å². The molecule has 0 saturated carbocycles. The second-order valence-electron chi connectivity index (χ2n) is 6.40. The second-order valence-corrected chi connectivity index (χ2v) is 7.71. The van der Waals surface area contributed by atoms with Gasteiger partial charge in [-0.3, -0.25) is 4.79 Å². The van der Waals surface area contributed by atoms with Gasteiger partial charge in [-0.05, 0) is 25.0 Å². The Kier molecular flexibility index (Phi) is 5.46. The Hall–Kier alpha value is -1.82. The summed E-state index contributed by atoms with van der Waals surface area (Å²) in [5, 5.41) is 11.4. The first-order chi connectivity index (χ1) is 10.8. The maximum absolute atomic E-state index is 12.4. The van der Waals surface area contributed by atoms with Crippen molar-refractivity contribution in [3.05, 3.63) is 41.7 Å². The van der Waals surface area contributed by atoms with Gasteiger partial charge in [0, 0.05) is 19.0 Å². The topological polar surface area (TPSA) is 59.8 Å². The van der Waals surface area contributed by atoms with Crippen LogP contribution in [0.15, 0.2) is 35.7 Å². The number of hydrogen-bond donors (Lipinski definition) is 1. The summed E-state index contributed by atoms with van der Waals surface area (Å²) in [4.78, 5) is 12.4. The molecular weight excluding hydrogens is 308 g/mol. The lowest BCUT2D eigenvalue weighted by atomic mass is 9.82. The van der Waals surface area contributed by atoms with Crippen LogP contribution in [0.5, 0.6) is 0 Å². The predicted molar refractivity (Wildman–Crippen MR) is 93.5 cm³/mol. The molecule has 2 rings (SSSR count). The SMILES string of the molecule is Cc1ccccc1C(C)(C)CNC(=O)[C@@H](C)Sc1nncn1C. The zero-order valence-electron chi connectivity index (χ0n) is 14.3. The molecule has 6 heteroatoms. The van der Waals surface area contributed by atoms with E-state index in [9.17, 15) is 4.79 Å². The zero-order valence-corrected chi connectivity index (χ0v) is 15.1. The number of carbonyl (C=O) groups is 1. The van der Waals surface area contributed by atoms with Gasteiger partial charge < -0.3 is 9.88 Å². The number of aromatic nitrogens is 3. The zero-order chi connectivity index (χ0) is 17.0. The van der Waals surface area contributed by atoms with Crippen molar-refractivity contribution >= 4 is 17.7 Å². The van der Waals surface area contributed by atoms with E-state index in [0.29, 0.717) is 6.54 Å². The van der Waals surface area contributed by atoms with Gasteiger partial charge in [-0.2, -0.15) is 0 Å². The van der Waals surface area contributed by atoms with E-state index in [-0.39, 0.29) is 16.6 Å². The highest BCUT2D eigenvalue weighted by Crippen LogP contribution is 2.26. The highest BCUT2D eigenvalue weighted by Gasteiger charge is 2.25.